The zero-order chi connectivity index (χ0) is 18.8. The van der Waals surface area contributed by atoms with E-state index < -0.39 is 0 Å². The molecule has 4 rings (SSSR count). The molecule has 0 radical (unpaired) electrons. The molecule has 0 spiro atoms. The van der Waals surface area contributed by atoms with E-state index in [1.807, 2.05) is 17.6 Å². The third kappa shape index (κ3) is 3.71. The van der Waals surface area contributed by atoms with Crippen molar-refractivity contribution in [3.05, 3.63) is 59.5 Å². The summed E-state index contributed by atoms with van der Waals surface area (Å²) in [6.07, 6.45) is 4.13. The molecule has 1 unspecified atom stereocenters. The van der Waals surface area contributed by atoms with Crippen molar-refractivity contribution in [2.75, 3.05) is 18.4 Å². The highest BCUT2D eigenvalue weighted by atomic mass is 16.1. The second-order valence-corrected chi connectivity index (χ2v) is 7.31. The molecule has 1 aromatic carbocycles. The van der Waals surface area contributed by atoms with Crippen LogP contribution in [0.5, 0.6) is 0 Å². The summed E-state index contributed by atoms with van der Waals surface area (Å²) in [6, 6.07) is 12.7. The van der Waals surface area contributed by atoms with Gasteiger partial charge in [0, 0.05) is 32.1 Å². The van der Waals surface area contributed by atoms with Crippen LogP contribution in [0.15, 0.2) is 42.6 Å². The minimum atomic E-state index is -0.105. The summed E-state index contributed by atoms with van der Waals surface area (Å²) in [7, 11) is 0. The maximum atomic E-state index is 11.5. The van der Waals surface area contributed by atoms with Crippen LogP contribution < -0.4 is 5.32 Å². The SMILES string of the molecule is CC(=O)Nc1c(C)nn2c(C3CCCN(Cc4ccccc4)C3)ccnc12. The van der Waals surface area contributed by atoms with Gasteiger partial charge in [-0.1, -0.05) is 30.3 Å². The first kappa shape index (κ1) is 17.7. The molecule has 1 atom stereocenters. The highest BCUT2D eigenvalue weighted by molar-refractivity contribution is 5.93. The van der Waals surface area contributed by atoms with Crippen molar-refractivity contribution in [3.63, 3.8) is 0 Å². The number of fused-ring (bicyclic) bond motifs is 1. The van der Waals surface area contributed by atoms with Gasteiger partial charge in [-0.05, 0) is 37.9 Å². The Morgan fingerprint density at radius 1 is 1.26 bits per heavy atom. The Labute approximate surface area is 159 Å². The maximum Gasteiger partial charge on any atom is 0.221 e. The minimum Gasteiger partial charge on any atom is -0.322 e. The molecule has 3 aromatic rings. The molecule has 0 aliphatic carbocycles. The molecule has 27 heavy (non-hydrogen) atoms. The van der Waals surface area contributed by atoms with Crippen LogP contribution in [0.4, 0.5) is 5.69 Å². The van der Waals surface area contributed by atoms with Crippen LogP contribution in [0.3, 0.4) is 0 Å². The average molecular weight is 363 g/mol. The van der Waals surface area contributed by atoms with Gasteiger partial charge >= 0.3 is 0 Å². The number of anilines is 1. The van der Waals surface area contributed by atoms with Gasteiger partial charge in [0.05, 0.1) is 11.4 Å². The Morgan fingerprint density at radius 3 is 2.85 bits per heavy atom. The molecule has 1 N–H and O–H groups in total. The molecule has 1 amide bonds. The Morgan fingerprint density at radius 2 is 2.07 bits per heavy atom. The number of nitrogens with one attached hydrogen (secondary N) is 1. The van der Waals surface area contributed by atoms with Crippen LogP contribution in [0.2, 0.25) is 0 Å². The summed E-state index contributed by atoms with van der Waals surface area (Å²) in [5.74, 6) is 0.296. The molecule has 140 valence electrons. The van der Waals surface area contributed by atoms with Crippen LogP contribution >= 0.6 is 0 Å². The predicted molar refractivity (Wildman–Crippen MR) is 106 cm³/mol. The van der Waals surface area contributed by atoms with Gasteiger partial charge in [-0.15, -0.1) is 0 Å². The molecule has 1 saturated heterocycles. The van der Waals surface area contributed by atoms with Crippen molar-refractivity contribution >= 4 is 17.2 Å². The monoisotopic (exact) mass is 363 g/mol. The highest BCUT2D eigenvalue weighted by Gasteiger charge is 2.25. The fraction of sp³-hybridized carbons (Fsp3) is 0.381. The van der Waals surface area contributed by atoms with E-state index in [1.54, 1.807) is 0 Å². The van der Waals surface area contributed by atoms with E-state index >= 15 is 0 Å². The van der Waals surface area contributed by atoms with Crippen molar-refractivity contribution in [1.29, 1.82) is 0 Å². The molecule has 6 nitrogen and oxygen atoms in total. The number of aryl methyl sites for hydroxylation is 1. The molecule has 2 aromatic heterocycles. The van der Waals surface area contributed by atoms with Crippen LogP contribution in [0.25, 0.3) is 5.65 Å². The number of nitrogens with zero attached hydrogens (tertiary/aromatic N) is 4. The number of hydrogen-bond acceptors (Lipinski definition) is 4. The lowest BCUT2D eigenvalue weighted by molar-refractivity contribution is -0.114. The average Bonchev–Trinajstić information content (AvgIpc) is 2.98. The van der Waals surface area contributed by atoms with Crippen molar-refractivity contribution in [2.24, 2.45) is 0 Å². The number of benzene rings is 1. The number of rotatable bonds is 4. The minimum absolute atomic E-state index is 0.105. The normalized spacial score (nSPS) is 17.9. The first-order valence-electron chi connectivity index (χ1n) is 9.50. The van der Waals surface area contributed by atoms with E-state index in [4.69, 9.17) is 0 Å². The maximum absolute atomic E-state index is 11.5. The number of aromatic nitrogens is 3. The van der Waals surface area contributed by atoms with E-state index in [0.29, 0.717) is 11.6 Å². The summed E-state index contributed by atoms with van der Waals surface area (Å²) in [4.78, 5) is 18.5. The van der Waals surface area contributed by atoms with Crippen LogP contribution in [-0.4, -0.2) is 38.5 Å². The largest absolute Gasteiger partial charge is 0.322 e. The molecule has 3 heterocycles. The lowest BCUT2D eigenvalue weighted by Crippen LogP contribution is -2.34. The van der Waals surface area contributed by atoms with Crippen LogP contribution in [0.1, 0.15) is 42.6 Å². The molecule has 0 saturated carbocycles. The molecular formula is C21H25N5O. The summed E-state index contributed by atoms with van der Waals surface area (Å²) in [5.41, 5.74) is 4.74. The number of carbonyl (C=O) groups excluding carboxylic acids is 1. The van der Waals surface area contributed by atoms with Gasteiger partial charge in [0.15, 0.2) is 5.65 Å². The van der Waals surface area contributed by atoms with E-state index in [0.717, 1.165) is 43.1 Å². The number of amides is 1. The first-order valence-corrected chi connectivity index (χ1v) is 9.50. The summed E-state index contributed by atoms with van der Waals surface area (Å²) < 4.78 is 1.91. The van der Waals surface area contributed by atoms with Gasteiger partial charge in [-0.25, -0.2) is 9.50 Å². The topological polar surface area (TPSA) is 62.5 Å². The third-order valence-electron chi connectivity index (χ3n) is 5.20. The lowest BCUT2D eigenvalue weighted by Gasteiger charge is -2.33. The van der Waals surface area contributed by atoms with Gasteiger partial charge in [-0.3, -0.25) is 9.69 Å². The van der Waals surface area contributed by atoms with Crippen LogP contribution in [0, 0.1) is 6.92 Å². The number of piperidine rings is 1. The summed E-state index contributed by atoms with van der Waals surface area (Å²) in [6.45, 7) is 6.51. The van der Waals surface area contributed by atoms with Crippen molar-refractivity contribution in [2.45, 2.75) is 39.2 Å². The Bertz CT molecular complexity index is 950. The summed E-state index contributed by atoms with van der Waals surface area (Å²) in [5, 5.41) is 7.54. The highest BCUT2D eigenvalue weighted by Crippen LogP contribution is 2.30. The van der Waals surface area contributed by atoms with E-state index in [1.165, 1.54) is 18.9 Å². The van der Waals surface area contributed by atoms with E-state index in [2.05, 4.69) is 56.7 Å². The molecule has 1 aliphatic heterocycles. The zero-order valence-electron chi connectivity index (χ0n) is 15.9. The smallest absolute Gasteiger partial charge is 0.221 e. The lowest BCUT2D eigenvalue weighted by atomic mass is 9.94. The number of carbonyl (C=O) groups is 1. The van der Waals surface area contributed by atoms with E-state index in [-0.39, 0.29) is 5.91 Å². The second-order valence-electron chi connectivity index (χ2n) is 7.31. The molecule has 1 aliphatic rings. The first-order chi connectivity index (χ1) is 13.1. The third-order valence-corrected chi connectivity index (χ3v) is 5.20. The van der Waals surface area contributed by atoms with Gasteiger partial charge in [0.25, 0.3) is 0 Å². The molecule has 6 heteroatoms. The van der Waals surface area contributed by atoms with E-state index in [9.17, 15) is 4.79 Å². The van der Waals surface area contributed by atoms with Crippen molar-refractivity contribution < 1.29 is 4.79 Å². The second kappa shape index (κ2) is 7.48. The summed E-state index contributed by atoms with van der Waals surface area (Å²) >= 11 is 0. The Kier molecular flexibility index (Phi) is 4.90. The fourth-order valence-corrected chi connectivity index (χ4v) is 3.98. The predicted octanol–water partition coefficient (Wildman–Crippen LogP) is 3.38. The number of hydrogen-bond donors (Lipinski definition) is 1. The van der Waals surface area contributed by atoms with Crippen LogP contribution in [-0.2, 0) is 11.3 Å². The Balaban J connectivity index is 1.61. The molecule has 1 fully saturated rings. The standard InChI is InChI=1S/C21H25N5O/c1-15-20(23-16(2)27)21-22-11-10-19(26(21)24-15)18-9-6-12-25(14-18)13-17-7-4-3-5-8-17/h3-5,7-8,10-11,18H,6,9,12-14H2,1-2H3,(H,23,27). The fourth-order valence-electron chi connectivity index (χ4n) is 3.98. The van der Waals surface area contributed by atoms with Crippen molar-refractivity contribution in [3.8, 4) is 0 Å². The van der Waals surface area contributed by atoms with Gasteiger partial charge < -0.3 is 5.32 Å². The molecular weight excluding hydrogens is 338 g/mol. The van der Waals surface area contributed by atoms with Crippen molar-refractivity contribution in [1.82, 2.24) is 19.5 Å². The van der Waals surface area contributed by atoms with Gasteiger partial charge in [0.1, 0.15) is 5.69 Å². The zero-order valence-corrected chi connectivity index (χ0v) is 15.9. The number of likely N-dealkylation sites (tertiary alicyclic amines) is 1. The van der Waals surface area contributed by atoms with Gasteiger partial charge in [-0.2, -0.15) is 5.10 Å². The molecule has 0 bridgehead atoms. The quantitative estimate of drug-likeness (QED) is 0.772. The van der Waals surface area contributed by atoms with Gasteiger partial charge in [0.2, 0.25) is 5.91 Å². The Hall–Kier alpha value is -2.73.